The van der Waals surface area contributed by atoms with Crippen LogP contribution in [0.2, 0.25) is 0 Å². The molecular formula is C20H23N3O3. The van der Waals surface area contributed by atoms with Crippen LogP contribution in [0.1, 0.15) is 30.0 Å². The van der Waals surface area contributed by atoms with Crippen LogP contribution in [0.4, 0.5) is 5.82 Å². The summed E-state index contributed by atoms with van der Waals surface area (Å²) in [7, 11) is 3.95. The zero-order chi connectivity index (χ0) is 18.1. The number of hydrogen-bond acceptors (Lipinski definition) is 5. The van der Waals surface area contributed by atoms with Crippen molar-refractivity contribution in [1.29, 1.82) is 0 Å². The van der Waals surface area contributed by atoms with Crippen molar-refractivity contribution in [2.24, 2.45) is 0 Å². The number of aromatic nitrogens is 1. The van der Waals surface area contributed by atoms with Gasteiger partial charge in [0, 0.05) is 26.8 Å². The molecule has 3 heterocycles. The van der Waals surface area contributed by atoms with Crippen molar-refractivity contribution in [3.05, 3.63) is 47.7 Å². The highest BCUT2D eigenvalue weighted by atomic mass is 16.7. The highest BCUT2D eigenvalue weighted by Gasteiger charge is 2.30. The number of carbonyl (C=O) groups is 1. The smallest absolute Gasteiger partial charge is 0.231 e. The standard InChI is InChI=1S/C20H23N3O3/c1-22(2)19-12-15(7-8-21-19)16-4-3-9-23(16)20(24)11-14-5-6-17-18(10-14)26-13-25-17/h5-8,10,12,16H,3-4,9,11,13H2,1-2H3/t16-/m0/s1. The van der Waals surface area contributed by atoms with Gasteiger partial charge < -0.3 is 19.3 Å². The molecule has 1 atom stereocenters. The Hall–Kier alpha value is -2.76. The average Bonchev–Trinajstić information content (AvgIpc) is 3.30. The van der Waals surface area contributed by atoms with Gasteiger partial charge in [-0.2, -0.15) is 0 Å². The third-order valence-electron chi connectivity index (χ3n) is 4.98. The Bertz CT molecular complexity index is 822. The van der Waals surface area contributed by atoms with Crippen LogP contribution in [0.25, 0.3) is 0 Å². The summed E-state index contributed by atoms with van der Waals surface area (Å²) in [5, 5.41) is 0. The lowest BCUT2D eigenvalue weighted by atomic mass is 10.0. The van der Waals surface area contributed by atoms with Crippen molar-refractivity contribution in [1.82, 2.24) is 9.88 Å². The second-order valence-corrected chi connectivity index (χ2v) is 6.95. The molecule has 1 amide bonds. The number of nitrogens with zero attached hydrogens (tertiary/aromatic N) is 3. The zero-order valence-corrected chi connectivity index (χ0v) is 15.1. The molecule has 0 saturated carbocycles. The molecule has 2 aliphatic rings. The SMILES string of the molecule is CN(C)c1cc([C@@H]2CCCN2C(=O)Cc2ccc3c(c2)OCO3)ccn1. The molecule has 2 aromatic rings. The number of anilines is 1. The minimum atomic E-state index is 0.123. The van der Waals surface area contributed by atoms with E-state index in [9.17, 15) is 4.79 Å². The first kappa shape index (κ1) is 16.7. The monoisotopic (exact) mass is 353 g/mol. The van der Waals surface area contributed by atoms with Gasteiger partial charge in [-0.3, -0.25) is 4.79 Å². The number of pyridine rings is 1. The maximum Gasteiger partial charge on any atom is 0.231 e. The van der Waals surface area contributed by atoms with E-state index in [2.05, 4.69) is 11.1 Å². The van der Waals surface area contributed by atoms with Crippen LogP contribution < -0.4 is 14.4 Å². The third kappa shape index (κ3) is 3.19. The molecule has 0 N–H and O–H groups in total. The number of amides is 1. The van der Waals surface area contributed by atoms with Gasteiger partial charge in [0.2, 0.25) is 12.7 Å². The van der Waals surface area contributed by atoms with Gasteiger partial charge in [-0.1, -0.05) is 6.07 Å². The molecule has 2 aliphatic heterocycles. The summed E-state index contributed by atoms with van der Waals surface area (Å²) in [6.07, 6.45) is 4.21. The largest absolute Gasteiger partial charge is 0.454 e. The number of likely N-dealkylation sites (tertiary alicyclic amines) is 1. The number of benzene rings is 1. The first-order valence-electron chi connectivity index (χ1n) is 8.93. The second kappa shape index (κ2) is 6.86. The first-order chi connectivity index (χ1) is 12.6. The summed E-state index contributed by atoms with van der Waals surface area (Å²) < 4.78 is 10.7. The van der Waals surface area contributed by atoms with Crippen LogP contribution in [0.5, 0.6) is 11.5 Å². The van der Waals surface area contributed by atoms with E-state index in [1.165, 1.54) is 0 Å². The molecule has 4 rings (SSSR count). The predicted octanol–water partition coefficient (Wildman–Crippen LogP) is 2.78. The van der Waals surface area contributed by atoms with E-state index < -0.39 is 0 Å². The van der Waals surface area contributed by atoms with Gasteiger partial charge in [0.1, 0.15) is 5.82 Å². The van der Waals surface area contributed by atoms with E-state index in [-0.39, 0.29) is 18.7 Å². The van der Waals surface area contributed by atoms with Gasteiger partial charge in [0.15, 0.2) is 11.5 Å². The Kier molecular flexibility index (Phi) is 4.41. The van der Waals surface area contributed by atoms with Crippen LogP contribution in [0, 0.1) is 0 Å². The highest BCUT2D eigenvalue weighted by molar-refractivity contribution is 5.80. The summed E-state index contributed by atoms with van der Waals surface area (Å²) in [6, 6.07) is 9.94. The van der Waals surface area contributed by atoms with E-state index in [1.807, 2.05) is 54.4 Å². The summed E-state index contributed by atoms with van der Waals surface area (Å²) in [6.45, 7) is 1.05. The topological polar surface area (TPSA) is 54.9 Å². The quantitative estimate of drug-likeness (QED) is 0.846. The fourth-order valence-corrected chi connectivity index (χ4v) is 3.62. The van der Waals surface area contributed by atoms with E-state index in [0.29, 0.717) is 6.42 Å². The maximum atomic E-state index is 12.9. The maximum absolute atomic E-state index is 12.9. The Balaban J connectivity index is 1.51. The molecule has 0 radical (unpaired) electrons. The molecule has 1 aromatic carbocycles. The zero-order valence-electron chi connectivity index (χ0n) is 15.1. The van der Waals surface area contributed by atoms with Crippen LogP contribution in [-0.4, -0.2) is 43.2 Å². The molecule has 26 heavy (non-hydrogen) atoms. The number of hydrogen-bond donors (Lipinski definition) is 0. The predicted molar refractivity (Wildman–Crippen MR) is 98.5 cm³/mol. The molecule has 6 nitrogen and oxygen atoms in total. The van der Waals surface area contributed by atoms with Crippen LogP contribution in [0.15, 0.2) is 36.5 Å². The van der Waals surface area contributed by atoms with Crippen molar-refractivity contribution < 1.29 is 14.3 Å². The normalized spacial score (nSPS) is 18.2. The summed E-state index contributed by atoms with van der Waals surface area (Å²) >= 11 is 0. The Morgan fingerprint density at radius 2 is 2.08 bits per heavy atom. The van der Waals surface area contributed by atoms with E-state index in [0.717, 1.165) is 47.8 Å². The minimum Gasteiger partial charge on any atom is -0.454 e. The van der Waals surface area contributed by atoms with Crippen molar-refractivity contribution in [3.8, 4) is 11.5 Å². The highest BCUT2D eigenvalue weighted by Crippen LogP contribution is 2.35. The molecule has 0 bridgehead atoms. The van der Waals surface area contributed by atoms with Crippen molar-refractivity contribution in [2.75, 3.05) is 32.3 Å². The van der Waals surface area contributed by atoms with Gasteiger partial charge in [0.25, 0.3) is 0 Å². The van der Waals surface area contributed by atoms with Crippen LogP contribution in [0.3, 0.4) is 0 Å². The lowest BCUT2D eigenvalue weighted by molar-refractivity contribution is -0.131. The average molecular weight is 353 g/mol. The minimum absolute atomic E-state index is 0.123. The first-order valence-corrected chi connectivity index (χ1v) is 8.93. The molecule has 1 fully saturated rings. The molecule has 0 unspecified atom stereocenters. The van der Waals surface area contributed by atoms with Gasteiger partial charge in [-0.15, -0.1) is 0 Å². The molecule has 0 aliphatic carbocycles. The third-order valence-corrected chi connectivity index (χ3v) is 4.98. The second-order valence-electron chi connectivity index (χ2n) is 6.95. The van der Waals surface area contributed by atoms with Gasteiger partial charge >= 0.3 is 0 Å². The summed E-state index contributed by atoms with van der Waals surface area (Å²) in [4.78, 5) is 21.3. The Morgan fingerprint density at radius 1 is 1.23 bits per heavy atom. The molecule has 136 valence electrons. The lowest BCUT2D eigenvalue weighted by Gasteiger charge is -2.26. The number of carbonyl (C=O) groups excluding carboxylic acids is 1. The number of rotatable bonds is 4. The van der Waals surface area contributed by atoms with E-state index >= 15 is 0 Å². The molecular weight excluding hydrogens is 330 g/mol. The Labute approximate surface area is 153 Å². The summed E-state index contributed by atoms with van der Waals surface area (Å²) in [5.74, 6) is 2.53. The lowest BCUT2D eigenvalue weighted by Crippen LogP contribution is -2.32. The molecule has 0 spiro atoms. The molecule has 6 heteroatoms. The van der Waals surface area contributed by atoms with Crippen LogP contribution >= 0.6 is 0 Å². The molecule has 1 aromatic heterocycles. The summed E-state index contributed by atoms with van der Waals surface area (Å²) in [5.41, 5.74) is 2.11. The fraction of sp³-hybridized carbons (Fsp3) is 0.400. The van der Waals surface area contributed by atoms with Crippen LogP contribution in [-0.2, 0) is 11.2 Å². The van der Waals surface area contributed by atoms with Crippen molar-refractivity contribution >= 4 is 11.7 Å². The van der Waals surface area contributed by atoms with Gasteiger partial charge in [-0.05, 0) is 48.2 Å². The van der Waals surface area contributed by atoms with Gasteiger partial charge in [-0.25, -0.2) is 4.98 Å². The van der Waals surface area contributed by atoms with Crippen molar-refractivity contribution in [3.63, 3.8) is 0 Å². The van der Waals surface area contributed by atoms with Crippen molar-refractivity contribution in [2.45, 2.75) is 25.3 Å². The molecule has 1 saturated heterocycles. The number of ether oxygens (including phenoxy) is 2. The van der Waals surface area contributed by atoms with E-state index in [1.54, 1.807) is 0 Å². The van der Waals surface area contributed by atoms with E-state index in [4.69, 9.17) is 9.47 Å². The van der Waals surface area contributed by atoms with Gasteiger partial charge in [0.05, 0.1) is 12.5 Å². The Morgan fingerprint density at radius 3 is 2.92 bits per heavy atom. The fourth-order valence-electron chi connectivity index (χ4n) is 3.62. The number of fused-ring (bicyclic) bond motifs is 1.